The van der Waals surface area contributed by atoms with Crippen LogP contribution in [0.25, 0.3) is 29.6 Å². The van der Waals surface area contributed by atoms with Crippen LogP contribution in [0, 0.1) is 5.77 Å². The van der Waals surface area contributed by atoms with Gasteiger partial charge in [0.25, 0.3) is 0 Å². The fraction of sp³-hybridized carbons (Fsp3) is 0. The van der Waals surface area contributed by atoms with Crippen LogP contribution in [0.15, 0.2) is 24.3 Å². The van der Waals surface area contributed by atoms with Crippen LogP contribution in [-0.4, -0.2) is 0 Å². The molecule has 0 unspecified atom stereocenters. The topological polar surface area (TPSA) is 0 Å². The van der Waals surface area contributed by atoms with Crippen molar-refractivity contribution in [1.82, 2.24) is 0 Å². The van der Waals surface area contributed by atoms with Crippen molar-refractivity contribution in [3.8, 4) is 0 Å². The van der Waals surface area contributed by atoms with E-state index in [1.807, 2.05) is 34.0 Å². The van der Waals surface area contributed by atoms with E-state index in [4.69, 9.17) is 0 Å². The molecule has 3 heterocycles. The van der Waals surface area contributed by atoms with Crippen LogP contribution in [0.5, 0.6) is 0 Å². The lowest BCUT2D eigenvalue weighted by molar-refractivity contribution is 2.01. The third kappa shape index (κ3) is 1.77. The maximum atomic E-state index is 2.41. The lowest BCUT2D eigenvalue weighted by Crippen LogP contribution is -1.64. The largest absolute Gasteiger partial charge is 0.129 e. The first-order valence-electron chi connectivity index (χ1n) is 4.91. The lowest BCUT2D eigenvalue weighted by atomic mass is 10.2. The van der Waals surface area contributed by atoms with Crippen LogP contribution < -0.4 is 0 Å². The number of hydrogen-bond acceptors (Lipinski definition) is 3. The number of halogens is 2. The predicted octanol–water partition coefficient (Wildman–Crippen LogP) is 6.54. The van der Waals surface area contributed by atoms with Gasteiger partial charge in [0.05, 0.1) is 9.78 Å². The highest BCUT2D eigenvalue weighted by Crippen LogP contribution is 2.42. The number of thiophene rings is 3. The van der Waals surface area contributed by atoms with Gasteiger partial charge >= 0.3 is 0 Å². The molecule has 0 aliphatic carbocycles. The molecule has 0 atom stereocenters. The van der Waals surface area contributed by atoms with Crippen LogP contribution in [0.2, 0.25) is 0 Å². The van der Waals surface area contributed by atoms with Crippen LogP contribution in [-0.2, 0) is 0 Å². The molecule has 0 aliphatic rings. The third-order valence-corrected chi connectivity index (χ3v) is 7.76. The summed E-state index contributed by atoms with van der Waals surface area (Å²) >= 11 is 10.5. The maximum Gasteiger partial charge on any atom is 0.0888 e. The van der Waals surface area contributed by atoms with E-state index in [1.165, 1.54) is 35.3 Å². The van der Waals surface area contributed by atoms with E-state index in [1.54, 1.807) is 0 Å². The maximum absolute atomic E-state index is 2.41. The van der Waals surface area contributed by atoms with E-state index in [0.717, 1.165) is 0 Å². The van der Waals surface area contributed by atoms with Crippen molar-refractivity contribution in [2.45, 2.75) is 0 Å². The highest BCUT2D eigenvalue weighted by atomic mass is 127. The number of hydrogen-bond donors (Lipinski definition) is 0. The first-order chi connectivity index (χ1) is 8.20. The molecule has 3 aromatic heterocycles. The summed E-state index contributed by atoms with van der Waals surface area (Å²) in [5.41, 5.74) is 0. The fourth-order valence-corrected chi connectivity index (χ4v) is 7.59. The standard InChI is InChI=1S/C12H4I2S3/c13-10-2-5-1-9-6(3-8(5)15-10)7-4-11(14)17-12(7)16-9/h1-4H. The lowest BCUT2D eigenvalue weighted by Gasteiger charge is -1.91. The monoisotopic (exact) mass is 498 g/mol. The highest BCUT2D eigenvalue weighted by molar-refractivity contribution is 14.1. The quantitative estimate of drug-likeness (QED) is 0.242. The molecule has 0 bridgehead atoms. The van der Waals surface area contributed by atoms with Crippen molar-refractivity contribution >= 4 is 109 Å². The van der Waals surface area contributed by atoms with Gasteiger partial charge in [-0.1, -0.05) is 0 Å². The van der Waals surface area contributed by atoms with Gasteiger partial charge < -0.3 is 0 Å². The predicted molar refractivity (Wildman–Crippen MR) is 98.0 cm³/mol. The van der Waals surface area contributed by atoms with Gasteiger partial charge in [-0.2, -0.15) is 0 Å². The van der Waals surface area contributed by atoms with Crippen molar-refractivity contribution in [2.24, 2.45) is 0 Å². The molecular weight excluding hydrogens is 494 g/mol. The van der Waals surface area contributed by atoms with Crippen molar-refractivity contribution in [2.75, 3.05) is 0 Å². The molecule has 0 amide bonds. The molecule has 4 rings (SSSR count). The zero-order valence-corrected chi connectivity index (χ0v) is 15.1. The summed E-state index contributed by atoms with van der Waals surface area (Å²) in [6, 6.07) is 9.29. The minimum Gasteiger partial charge on any atom is -0.129 e. The SMILES string of the molecule is Ic1cc2cc3sc4sc(I)cc4c3cc2s1. The average Bonchev–Trinajstić information content (AvgIpc) is 2.86. The van der Waals surface area contributed by atoms with Gasteiger partial charge in [0.15, 0.2) is 0 Å². The van der Waals surface area contributed by atoms with E-state index in [2.05, 4.69) is 69.4 Å². The van der Waals surface area contributed by atoms with Crippen molar-refractivity contribution in [3.05, 3.63) is 30.0 Å². The third-order valence-electron chi connectivity index (χ3n) is 2.75. The van der Waals surface area contributed by atoms with Gasteiger partial charge in [0, 0.05) is 20.2 Å². The van der Waals surface area contributed by atoms with Crippen LogP contribution in [0.4, 0.5) is 0 Å². The molecule has 5 heteroatoms. The molecule has 0 saturated carbocycles. The first kappa shape index (κ1) is 11.4. The molecule has 84 valence electrons. The van der Waals surface area contributed by atoms with E-state index < -0.39 is 0 Å². The molecule has 0 radical (unpaired) electrons. The molecule has 0 nitrogen and oxygen atoms in total. The molecule has 17 heavy (non-hydrogen) atoms. The Kier molecular flexibility index (Phi) is 2.70. The molecule has 0 aliphatic heterocycles. The van der Waals surface area contributed by atoms with Crippen molar-refractivity contribution in [1.29, 1.82) is 0 Å². The Morgan fingerprint density at radius 1 is 0.706 bits per heavy atom. The highest BCUT2D eigenvalue weighted by Gasteiger charge is 2.10. The smallest absolute Gasteiger partial charge is 0.0888 e. The Bertz CT molecular complexity index is 857. The average molecular weight is 498 g/mol. The summed E-state index contributed by atoms with van der Waals surface area (Å²) in [5.74, 6) is 0. The molecule has 0 fully saturated rings. The minimum atomic E-state index is 1.37. The molecule has 4 aromatic rings. The second kappa shape index (κ2) is 4.03. The van der Waals surface area contributed by atoms with Crippen molar-refractivity contribution < 1.29 is 0 Å². The zero-order valence-electron chi connectivity index (χ0n) is 8.29. The summed E-state index contributed by atoms with van der Waals surface area (Å²) in [4.78, 5) is 0. The second-order valence-corrected chi connectivity index (χ2v) is 11.0. The normalized spacial score (nSPS) is 12.1. The van der Waals surface area contributed by atoms with E-state index >= 15 is 0 Å². The Balaban J connectivity index is 2.23. The van der Waals surface area contributed by atoms with Crippen LogP contribution in [0.1, 0.15) is 0 Å². The van der Waals surface area contributed by atoms with E-state index in [0.29, 0.717) is 0 Å². The Hall–Kier alpha value is 0.560. The van der Waals surface area contributed by atoms with Crippen molar-refractivity contribution in [3.63, 3.8) is 0 Å². The summed E-state index contributed by atoms with van der Waals surface area (Å²) in [5, 5.41) is 4.25. The second-order valence-electron chi connectivity index (χ2n) is 3.79. The van der Waals surface area contributed by atoms with Gasteiger partial charge in [-0.15, -0.1) is 34.0 Å². The van der Waals surface area contributed by atoms with Crippen LogP contribution in [0.3, 0.4) is 0 Å². The summed E-state index contributed by atoms with van der Waals surface area (Å²) in [6.45, 7) is 0. The molecule has 0 N–H and O–H groups in total. The Morgan fingerprint density at radius 2 is 1.53 bits per heavy atom. The Labute approximate surface area is 137 Å². The summed E-state index contributed by atoms with van der Waals surface area (Å²) < 4.78 is 7.03. The summed E-state index contributed by atoms with van der Waals surface area (Å²) in [7, 11) is 0. The van der Waals surface area contributed by atoms with E-state index in [9.17, 15) is 0 Å². The molecular formula is C12H4I2S3. The van der Waals surface area contributed by atoms with Gasteiger partial charge in [0.2, 0.25) is 0 Å². The Morgan fingerprint density at radius 3 is 2.41 bits per heavy atom. The minimum absolute atomic E-state index is 1.37. The zero-order chi connectivity index (χ0) is 11.6. The van der Waals surface area contributed by atoms with Gasteiger partial charge in [0.1, 0.15) is 0 Å². The van der Waals surface area contributed by atoms with Crippen LogP contribution >= 0.6 is 79.2 Å². The molecule has 1 aromatic carbocycles. The number of rotatable bonds is 0. The molecule has 0 saturated heterocycles. The van der Waals surface area contributed by atoms with Gasteiger partial charge in [-0.3, -0.25) is 0 Å². The summed E-state index contributed by atoms with van der Waals surface area (Å²) in [6.07, 6.45) is 0. The fourth-order valence-electron chi connectivity index (χ4n) is 2.04. The van der Waals surface area contributed by atoms with Gasteiger partial charge in [-0.05, 0) is 74.8 Å². The first-order valence-corrected chi connectivity index (χ1v) is 9.52. The van der Waals surface area contributed by atoms with Gasteiger partial charge in [-0.25, -0.2) is 0 Å². The number of fused-ring (bicyclic) bond motifs is 4. The number of benzene rings is 1. The molecule has 0 spiro atoms. The van der Waals surface area contributed by atoms with E-state index in [-0.39, 0.29) is 0 Å².